The van der Waals surface area contributed by atoms with Crippen LogP contribution in [0.5, 0.6) is 11.5 Å². The van der Waals surface area contributed by atoms with E-state index in [1.54, 1.807) is 0 Å². The van der Waals surface area contributed by atoms with Gasteiger partial charge < -0.3 is 9.47 Å². The Morgan fingerprint density at radius 1 is 0.348 bits per heavy atom. The summed E-state index contributed by atoms with van der Waals surface area (Å²) in [6, 6.07) is 52.9. The molecule has 0 saturated heterocycles. The molecule has 0 spiro atoms. The Labute approximate surface area is 269 Å². The lowest BCUT2D eigenvalue weighted by Gasteiger charge is -2.18. The van der Waals surface area contributed by atoms with E-state index in [2.05, 4.69) is 60.1 Å². The molecule has 7 rings (SSSR count). The molecule has 0 aromatic heterocycles. The second kappa shape index (κ2) is 13.6. The van der Waals surface area contributed by atoms with E-state index in [0.29, 0.717) is 13.2 Å². The molecule has 7 aromatic carbocycles. The molecule has 0 N–H and O–H groups in total. The van der Waals surface area contributed by atoms with Crippen molar-refractivity contribution >= 4 is 21.5 Å². The third kappa shape index (κ3) is 6.34. The highest BCUT2D eigenvalue weighted by Crippen LogP contribution is 2.41. The van der Waals surface area contributed by atoms with Crippen LogP contribution in [0.1, 0.15) is 33.4 Å². The third-order valence-corrected chi connectivity index (χ3v) is 7.78. The zero-order chi connectivity index (χ0) is 31.0. The second-order valence-electron chi connectivity index (χ2n) is 10.9. The molecule has 0 saturated carbocycles. The van der Waals surface area contributed by atoms with Crippen molar-refractivity contribution in [2.24, 2.45) is 0 Å². The fourth-order valence-corrected chi connectivity index (χ4v) is 5.55. The molecule has 0 heterocycles. The molecule has 0 aliphatic carbocycles. The van der Waals surface area contributed by atoms with E-state index in [4.69, 9.17) is 9.47 Å². The first-order valence-corrected chi connectivity index (χ1v) is 15.3. The minimum atomic E-state index is 0.439. The van der Waals surface area contributed by atoms with Crippen molar-refractivity contribution in [2.45, 2.75) is 13.2 Å². The van der Waals surface area contributed by atoms with Crippen molar-refractivity contribution in [3.63, 3.8) is 0 Å². The van der Waals surface area contributed by atoms with Crippen LogP contribution >= 0.6 is 0 Å². The van der Waals surface area contributed by atoms with Crippen molar-refractivity contribution in [2.75, 3.05) is 0 Å². The van der Waals surface area contributed by atoms with Gasteiger partial charge in [-0.05, 0) is 47.5 Å². The molecule has 0 fully saturated rings. The van der Waals surface area contributed by atoms with Crippen molar-refractivity contribution in [1.29, 1.82) is 0 Å². The quantitative estimate of drug-likeness (QED) is 0.142. The molecule has 0 atom stereocenters. The highest BCUT2D eigenvalue weighted by molar-refractivity contribution is 6.13. The van der Waals surface area contributed by atoms with Crippen LogP contribution in [0.15, 0.2) is 158 Å². The first-order chi connectivity index (χ1) is 22.8. The topological polar surface area (TPSA) is 18.5 Å². The van der Waals surface area contributed by atoms with Crippen LogP contribution in [0.4, 0.5) is 0 Å². The van der Waals surface area contributed by atoms with Crippen LogP contribution in [0.3, 0.4) is 0 Å². The summed E-state index contributed by atoms with van der Waals surface area (Å²) in [5.74, 6) is 15.5. The Morgan fingerprint density at radius 3 is 1.11 bits per heavy atom. The summed E-state index contributed by atoms with van der Waals surface area (Å²) in [5, 5.41) is 3.81. The summed E-state index contributed by atoms with van der Waals surface area (Å²) >= 11 is 0. The molecular weight excluding hydrogens is 560 g/mol. The molecular formula is C44H30O2. The van der Waals surface area contributed by atoms with E-state index in [0.717, 1.165) is 66.4 Å². The Balaban J connectivity index is 1.49. The Kier molecular flexibility index (Phi) is 8.44. The van der Waals surface area contributed by atoms with Gasteiger partial charge >= 0.3 is 0 Å². The standard InChI is InChI=1S/C44H30O2/c1-5-15-33(16-6-1)27-29-39-37-23-13-26-42(46-32-36-21-11-4-12-22-36)44(37)40(30-28-34-17-7-2-8-18-34)38-24-14-25-41(43(38)39)45-31-35-19-9-3-10-20-35/h1-26H,31-32H2. The number of hydrogen-bond acceptors (Lipinski definition) is 2. The molecule has 7 aromatic rings. The summed E-state index contributed by atoms with van der Waals surface area (Å²) < 4.78 is 13.1. The van der Waals surface area contributed by atoms with Gasteiger partial charge in [-0.3, -0.25) is 0 Å². The van der Waals surface area contributed by atoms with E-state index < -0.39 is 0 Å². The van der Waals surface area contributed by atoms with Crippen LogP contribution in [-0.4, -0.2) is 0 Å². The van der Waals surface area contributed by atoms with Crippen molar-refractivity contribution in [1.82, 2.24) is 0 Å². The van der Waals surface area contributed by atoms with Crippen LogP contribution in [0.25, 0.3) is 21.5 Å². The molecule has 0 amide bonds. The minimum absolute atomic E-state index is 0.439. The maximum absolute atomic E-state index is 6.55. The zero-order valence-corrected chi connectivity index (χ0v) is 25.2. The highest BCUT2D eigenvalue weighted by Gasteiger charge is 2.19. The molecule has 2 nitrogen and oxygen atoms in total. The van der Waals surface area contributed by atoms with E-state index in [9.17, 15) is 0 Å². The molecule has 0 bridgehead atoms. The number of ether oxygens (including phenoxy) is 2. The van der Waals surface area contributed by atoms with Crippen molar-refractivity contribution in [3.8, 4) is 35.2 Å². The second-order valence-corrected chi connectivity index (χ2v) is 10.9. The fraction of sp³-hybridized carbons (Fsp3) is 0.0455. The maximum Gasteiger partial charge on any atom is 0.128 e. The molecule has 0 radical (unpaired) electrons. The van der Waals surface area contributed by atoms with Gasteiger partial charge in [-0.2, -0.15) is 0 Å². The fourth-order valence-electron chi connectivity index (χ4n) is 5.55. The summed E-state index contributed by atoms with van der Waals surface area (Å²) in [7, 11) is 0. The Morgan fingerprint density at radius 2 is 0.717 bits per heavy atom. The third-order valence-electron chi connectivity index (χ3n) is 7.78. The SMILES string of the molecule is C(#Cc1c2cccc(OCc3ccccc3)c2c(C#Cc2ccccc2)c2cccc(OCc3ccccc3)c12)c1ccccc1. The van der Waals surface area contributed by atoms with E-state index in [1.165, 1.54) is 0 Å². The predicted molar refractivity (Wildman–Crippen MR) is 188 cm³/mol. The van der Waals surface area contributed by atoms with Gasteiger partial charge in [0.05, 0.1) is 0 Å². The van der Waals surface area contributed by atoms with Gasteiger partial charge in [-0.25, -0.2) is 0 Å². The van der Waals surface area contributed by atoms with E-state index in [1.807, 2.05) is 121 Å². The number of benzene rings is 7. The minimum Gasteiger partial charge on any atom is -0.488 e. The van der Waals surface area contributed by atoms with Crippen LogP contribution in [0.2, 0.25) is 0 Å². The number of rotatable bonds is 6. The van der Waals surface area contributed by atoms with Crippen LogP contribution in [-0.2, 0) is 13.2 Å². The lowest BCUT2D eigenvalue weighted by Crippen LogP contribution is -2.00. The van der Waals surface area contributed by atoms with Gasteiger partial charge in [0.15, 0.2) is 0 Å². The number of hydrogen-bond donors (Lipinski definition) is 0. The van der Waals surface area contributed by atoms with Gasteiger partial charge in [0.2, 0.25) is 0 Å². The summed E-state index contributed by atoms with van der Waals surface area (Å²) in [4.78, 5) is 0. The average molecular weight is 591 g/mol. The summed E-state index contributed by atoms with van der Waals surface area (Å²) in [5.41, 5.74) is 5.84. The van der Waals surface area contributed by atoms with E-state index >= 15 is 0 Å². The number of fused-ring (bicyclic) bond motifs is 2. The van der Waals surface area contributed by atoms with Gasteiger partial charge in [-0.15, -0.1) is 0 Å². The van der Waals surface area contributed by atoms with Crippen LogP contribution < -0.4 is 9.47 Å². The van der Waals surface area contributed by atoms with Gasteiger partial charge in [0.25, 0.3) is 0 Å². The van der Waals surface area contributed by atoms with Gasteiger partial charge in [0, 0.05) is 43.8 Å². The zero-order valence-electron chi connectivity index (χ0n) is 25.2. The molecule has 46 heavy (non-hydrogen) atoms. The highest BCUT2D eigenvalue weighted by atomic mass is 16.5. The Bertz CT molecular complexity index is 2070. The van der Waals surface area contributed by atoms with E-state index in [-0.39, 0.29) is 0 Å². The Hall–Kier alpha value is -6.22. The normalized spacial score (nSPS) is 10.4. The smallest absolute Gasteiger partial charge is 0.128 e. The summed E-state index contributed by atoms with van der Waals surface area (Å²) in [6.45, 7) is 0.879. The van der Waals surface area contributed by atoms with Gasteiger partial charge in [-0.1, -0.05) is 145 Å². The average Bonchev–Trinajstić information content (AvgIpc) is 3.13. The lowest BCUT2D eigenvalue weighted by atomic mass is 9.90. The largest absolute Gasteiger partial charge is 0.488 e. The molecule has 218 valence electrons. The molecule has 0 aliphatic heterocycles. The van der Waals surface area contributed by atoms with Crippen molar-refractivity contribution < 1.29 is 9.47 Å². The first kappa shape index (κ1) is 28.5. The van der Waals surface area contributed by atoms with Crippen LogP contribution in [0, 0.1) is 23.7 Å². The molecule has 2 heteroatoms. The maximum atomic E-state index is 6.55. The predicted octanol–water partition coefficient (Wildman–Crippen LogP) is 9.95. The monoisotopic (exact) mass is 590 g/mol. The summed E-state index contributed by atoms with van der Waals surface area (Å²) in [6.07, 6.45) is 0. The molecule has 0 unspecified atom stereocenters. The molecule has 0 aliphatic rings. The first-order valence-electron chi connectivity index (χ1n) is 15.3. The van der Waals surface area contributed by atoms with Gasteiger partial charge in [0.1, 0.15) is 24.7 Å². The lowest BCUT2D eigenvalue weighted by molar-refractivity contribution is 0.309. The van der Waals surface area contributed by atoms with Crippen molar-refractivity contribution in [3.05, 3.63) is 191 Å².